The Hall–Kier alpha value is -2.23. The first kappa shape index (κ1) is 18.6. The van der Waals surface area contributed by atoms with E-state index in [0.717, 1.165) is 24.1 Å². The van der Waals surface area contributed by atoms with Crippen LogP contribution in [0.15, 0.2) is 58.0 Å². The van der Waals surface area contributed by atoms with E-state index >= 15 is 0 Å². The van der Waals surface area contributed by atoms with Crippen LogP contribution < -0.4 is 5.43 Å². The maximum absolute atomic E-state index is 6.07. The minimum Gasteiger partial charge on any atom is -0.455 e. The Labute approximate surface area is 163 Å². The molecule has 0 amide bonds. The lowest BCUT2D eigenvalue weighted by Crippen LogP contribution is -1.99. The van der Waals surface area contributed by atoms with Crippen LogP contribution in [0.4, 0.5) is 5.69 Å². The number of anilines is 1. The molecule has 134 valence electrons. The van der Waals surface area contributed by atoms with Crippen molar-refractivity contribution in [3.63, 3.8) is 0 Å². The first-order valence-corrected chi connectivity index (χ1v) is 9.33. The van der Waals surface area contributed by atoms with Crippen molar-refractivity contribution in [2.75, 3.05) is 5.43 Å². The number of hydrogen-bond donors (Lipinski definition) is 1. The molecule has 0 fully saturated rings. The molecule has 2 aromatic carbocycles. The molecule has 0 aliphatic rings. The van der Waals surface area contributed by atoms with Crippen LogP contribution in [0.3, 0.4) is 0 Å². The van der Waals surface area contributed by atoms with E-state index in [4.69, 9.17) is 27.6 Å². The second-order valence-electron chi connectivity index (χ2n) is 5.86. The fourth-order valence-corrected chi connectivity index (χ4v) is 3.07. The molecule has 0 saturated carbocycles. The van der Waals surface area contributed by atoms with Gasteiger partial charge in [-0.25, -0.2) is 0 Å². The molecule has 1 heterocycles. The fourth-order valence-electron chi connectivity index (χ4n) is 2.77. The zero-order valence-electron chi connectivity index (χ0n) is 14.7. The predicted molar refractivity (Wildman–Crippen MR) is 111 cm³/mol. The van der Waals surface area contributed by atoms with Crippen molar-refractivity contribution < 1.29 is 4.42 Å². The van der Waals surface area contributed by atoms with Gasteiger partial charge in [-0.2, -0.15) is 5.10 Å². The summed E-state index contributed by atoms with van der Waals surface area (Å²) in [4.78, 5) is 0. The van der Waals surface area contributed by atoms with Crippen molar-refractivity contribution in [1.29, 1.82) is 0 Å². The van der Waals surface area contributed by atoms with Gasteiger partial charge in [-0.15, -0.1) is 0 Å². The molecule has 3 nitrogen and oxygen atoms in total. The smallest absolute Gasteiger partial charge is 0.147 e. The van der Waals surface area contributed by atoms with Gasteiger partial charge in [0.2, 0.25) is 0 Å². The molecule has 0 bridgehead atoms. The zero-order chi connectivity index (χ0) is 18.5. The highest BCUT2D eigenvalue weighted by Gasteiger charge is 2.07. The summed E-state index contributed by atoms with van der Waals surface area (Å²) in [6.45, 7) is 4.28. The van der Waals surface area contributed by atoms with Gasteiger partial charge in [0.05, 0.1) is 21.9 Å². The molecule has 0 aliphatic heterocycles. The molecule has 3 rings (SSSR count). The standard InChI is InChI=1S/C21H20Cl2N2O/c1-3-14-6-5-7-15(4-2)21(14)25-24-13-17-9-11-20(26-17)16-8-10-18(22)19(23)12-16/h5-13,25H,3-4H2,1-2H3/b24-13+. The SMILES string of the molecule is CCc1cccc(CC)c1N/N=C/c1ccc(-c2ccc(Cl)c(Cl)c2)o1. The molecule has 0 unspecified atom stereocenters. The van der Waals surface area contributed by atoms with Crippen molar-refractivity contribution in [3.05, 3.63) is 75.5 Å². The number of hydrogen-bond acceptors (Lipinski definition) is 3. The number of nitrogens with one attached hydrogen (secondary N) is 1. The maximum atomic E-state index is 6.07. The van der Waals surface area contributed by atoms with Gasteiger partial charge in [0, 0.05) is 5.56 Å². The molecule has 5 heteroatoms. The highest BCUT2D eigenvalue weighted by Crippen LogP contribution is 2.29. The molecule has 3 aromatic rings. The van der Waals surface area contributed by atoms with Crippen LogP contribution >= 0.6 is 23.2 Å². The third-order valence-corrected chi connectivity index (χ3v) is 4.94. The summed E-state index contributed by atoms with van der Waals surface area (Å²) in [5.74, 6) is 1.37. The van der Waals surface area contributed by atoms with Crippen LogP contribution in [0, 0.1) is 0 Å². The molecule has 0 saturated heterocycles. The van der Waals surface area contributed by atoms with Gasteiger partial charge in [0.1, 0.15) is 11.5 Å². The lowest BCUT2D eigenvalue weighted by Gasteiger charge is -2.11. The van der Waals surface area contributed by atoms with E-state index in [1.165, 1.54) is 11.1 Å². The summed E-state index contributed by atoms with van der Waals surface area (Å²) in [6.07, 6.45) is 3.58. The normalized spacial score (nSPS) is 11.2. The summed E-state index contributed by atoms with van der Waals surface area (Å²) in [6, 6.07) is 15.5. The Balaban J connectivity index is 1.76. The van der Waals surface area contributed by atoms with Crippen molar-refractivity contribution in [2.45, 2.75) is 26.7 Å². The lowest BCUT2D eigenvalue weighted by molar-refractivity contribution is 0.575. The minimum absolute atomic E-state index is 0.501. The molecule has 0 aliphatic carbocycles. The average Bonchev–Trinajstić information content (AvgIpc) is 3.13. The summed E-state index contributed by atoms with van der Waals surface area (Å²) in [7, 11) is 0. The summed E-state index contributed by atoms with van der Waals surface area (Å²) in [5, 5.41) is 5.37. The van der Waals surface area contributed by atoms with Crippen LogP contribution in [0.1, 0.15) is 30.7 Å². The number of aryl methyl sites for hydroxylation is 2. The Morgan fingerprint density at radius 2 is 1.69 bits per heavy atom. The predicted octanol–water partition coefficient (Wildman–Crippen LogP) is 6.82. The summed E-state index contributed by atoms with van der Waals surface area (Å²) in [5.41, 5.74) is 7.61. The molecule has 1 N–H and O–H groups in total. The lowest BCUT2D eigenvalue weighted by atomic mass is 10.0. The molecule has 0 atom stereocenters. The first-order valence-electron chi connectivity index (χ1n) is 8.57. The summed E-state index contributed by atoms with van der Waals surface area (Å²) >= 11 is 12.0. The third-order valence-electron chi connectivity index (χ3n) is 4.20. The van der Waals surface area contributed by atoms with Gasteiger partial charge >= 0.3 is 0 Å². The number of hydrazone groups is 1. The Kier molecular flexibility index (Phi) is 6.02. The Morgan fingerprint density at radius 3 is 2.35 bits per heavy atom. The van der Waals surface area contributed by atoms with E-state index in [2.05, 4.69) is 42.6 Å². The van der Waals surface area contributed by atoms with Crippen molar-refractivity contribution in [3.8, 4) is 11.3 Å². The van der Waals surface area contributed by atoms with Crippen LogP contribution in [0.5, 0.6) is 0 Å². The summed E-state index contributed by atoms with van der Waals surface area (Å²) < 4.78 is 5.82. The monoisotopic (exact) mass is 386 g/mol. The van der Waals surface area contributed by atoms with Crippen LogP contribution in [0.25, 0.3) is 11.3 Å². The van der Waals surface area contributed by atoms with Gasteiger partial charge in [-0.3, -0.25) is 5.43 Å². The second-order valence-corrected chi connectivity index (χ2v) is 6.67. The Morgan fingerprint density at radius 1 is 0.962 bits per heavy atom. The molecule has 1 aromatic heterocycles. The van der Waals surface area contributed by atoms with Gasteiger partial charge in [0.15, 0.2) is 0 Å². The largest absolute Gasteiger partial charge is 0.455 e. The van der Waals surface area contributed by atoms with Crippen LogP contribution in [-0.2, 0) is 12.8 Å². The molecule has 26 heavy (non-hydrogen) atoms. The van der Waals surface area contributed by atoms with Crippen LogP contribution in [-0.4, -0.2) is 6.21 Å². The number of benzene rings is 2. The van der Waals surface area contributed by atoms with E-state index in [9.17, 15) is 0 Å². The van der Waals surface area contributed by atoms with Gasteiger partial charge in [-0.05, 0) is 54.3 Å². The topological polar surface area (TPSA) is 37.5 Å². The maximum Gasteiger partial charge on any atom is 0.147 e. The molecular formula is C21H20Cl2N2O. The number of para-hydroxylation sites is 1. The number of furan rings is 1. The van der Waals surface area contributed by atoms with Crippen molar-refractivity contribution in [2.24, 2.45) is 5.10 Å². The molecule has 0 spiro atoms. The van der Waals surface area contributed by atoms with E-state index in [0.29, 0.717) is 21.6 Å². The van der Waals surface area contributed by atoms with E-state index in [1.807, 2.05) is 18.2 Å². The first-order chi connectivity index (χ1) is 12.6. The minimum atomic E-state index is 0.501. The van der Waals surface area contributed by atoms with Crippen molar-refractivity contribution in [1.82, 2.24) is 0 Å². The fraction of sp³-hybridized carbons (Fsp3) is 0.190. The van der Waals surface area contributed by atoms with E-state index in [-0.39, 0.29) is 0 Å². The number of nitrogens with zero attached hydrogens (tertiary/aromatic N) is 1. The average molecular weight is 387 g/mol. The molecular weight excluding hydrogens is 367 g/mol. The van der Waals surface area contributed by atoms with Gasteiger partial charge in [0.25, 0.3) is 0 Å². The van der Waals surface area contributed by atoms with E-state index < -0.39 is 0 Å². The highest BCUT2D eigenvalue weighted by atomic mass is 35.5. The zero-order valence-corrected chi connectivity index (χ0v) is 16.2. The second kappa shape index (κ2) is 8.43. The molecule has 0 radical (unpaired) electrons. The third kappa shape index (κ3) is 4.12. The van der Waals surface area contributed by atoms with Crippen molar-refractivity contribution >= 4 is 35.1 Å². The van der Waals surface area contributed by atoms with Gasteiger partial charge in [-0.1, -0.05) is 55.2 Å². The van der Waals surface area contributed by atoms with Crippen LogP contribution in [0.2, 0.25) is 10.0 Å². The number of rotatable bonds is 6. The van der Waals surface area contributed by atoms with Gasteiger partial charge < -0.3 is 4.42 Å². The quantitative estimate of drug-likeness (QED) is 0.372. The highest BCUT2D eigenvalue weighted by molar-refractivity contribution is 6.42. The number of halogens is 2. The van der Waals surface area contributed by atoms with E-state index in [1.54, 1.807) is 18.3 Å². The Bertz CT molecular complexity index is 909.